The Labute approximate surface area is 123 Å². The highest BCUT2D eigenvalue weighted by Crippen LogP contribution is 2.30. The normalized spacial score (nSPS) is 16.4. The third kappa shape index (κ3) is 3.37. The van der Waals surface area contributed by atoms with Crippen molar-refractivity contribution in [2.75, 3.05) is 27.2 Å². The minimum atomic E-state index is -0.0135. The van der Waals surface area contributed by atoms with Gasteiger partial charge in [0, 0.05) is 11.9 Å². The quantitative estimate of drug-likeness (QED) is 0.496. The lowest BCUT2D eigenvalue weighted by atomic mass is 9.94. The summed E-state index contributed by atoms with van der Waals surface area (Å²) in [6, 6.07) is 0. The Balaban J connectivity index is 1.99. The zero-order chi connectivity index (χ0) is 14.5. The average molecular weight is 295 g/mol. The molecule has 0 fully saturated rings. The van der Waals surface area contributed by atoms with E-state index in [1.54, 1.807) is 0 Å². The number of rotatable bonds is 5. The van der Waals surface area contributed by atoms with Crippen molar-refractivity contribution in [3.63, 3.8) is 0 Å². The predicted molar refractivity (Wildman–Crippen MR) is 81.1 cm³/mol. The summed E-state index contributed by atoms with van der Waals surface area (Å²) < 4.78 is 0. The van der Waals surface area contributed by atoms with E-state index in [2.05, 4.69) is 15.4 Å². The van der Waals surface area contributed by atoms with Gasteiger partial charge in [-0.05, 0) is 51.9 Å². The lowest BCUT2D eigenvalue weighted by Gasteiger charge is -2.14. The number of carbonyl (C=O) groups is 1. The first-order valence-electron chi connectivity index (χ1n) is 6.88. The molecule has 0 aromatic carbocycles. The molecule has 110 valence electrons. The summed E-state index contributed by atoms with van der Waals surface area (Å²) in [5.74, 6) is -0.0135. The smallest absolute Gasteiger partial charge is 0.252 e. The van der Waals surface area contributed by atoms with Crippen LogP contribution in [0.2, 0.25) is 0 Å². The number of amides is 1. The van der Waals surface area contributed by atoms with Gasteiger partial charge in [0.05, 0.1) is 16.2 Å². The maximum absolute atomic E-state index is 12.2. The Kier molecular flexibility index (Phi) is 5.14. The second-order valence-electron chi connectivity index (χ2n) is 5.27. The summed E-state index contributed by atoms with van der Waals surface area (Å²) in [7, 11) is 4.04. The largest absolute Gasteiger partial charge is 0.411 e. The maximum Gasteiger partial charge on any atom is 0.252 e. The first-order valence-corrected chi connectivity index (χ1v) is 7.76. The molecule has 0 saturated heterocycles. The Morgan fingerprint density at radius 1 is 1.50 bits per heavy atom. The molecule has 0 radical (unpaired) electrons. The van der Waals surface area contributed by atoms with Crippen LogP contribution >= 0.6 is 11.3 Å². The van der Waals surface area contributed by atoms with Gasteiger partial charge in [0.2, 0.25) is 0 Å². The van der Waals surface area contributed by atoms with Crippen LogP contribution in [0.15, 0.2) is 10.5 Å². The Bertz CT molecular complexity index is 509. The van der Waals surface area contributed by atoms with E-state index in [-0.39, 0.29) is 5.91 Å². The number of carbonyl (C=O) groups excluding carboxylic acids is 1. The number of nitrogens with zero attached hydrogens (tertiary/aromatic N) is 2. The molecule has 1 heterocycles. The van der Waals surface area contributed by atoms with E-state index in [1.807, 2.05) is 19.5 Å². The van der Waals surface area contributed by atoms with Gasteiger partial charge in [0.25, 0.3) is 5.91 Å². The van der Waals surface area contributed by atoms with Gasteiger partial charge in [0.15, 0.2) is 0 Å². The summed E-state index contributed by atoms with van der Waals surface area (Å²) in [6.45, 7) is 1.64. The first kappa shape index (κ1) is 15.0. The molecule has 20 heavy (non-hydrogen) atoms. The van der Waals surface area contributed by atoms with E-state index < -0.39 is 0 Å². The zero-order valence-corrected chi connectivity index (χ0v) is 12.8. The third-order valence-electron chi connectivity index (χ3n) is 3.43. The topological polar surface area (TPSA) is 64.9 Å². The number of oxime groups is 1. The fourth-order valence-electron chi connectivity index (χ4n) is 2.40. The Morgan fingerprint density at radius 2 is 2.30 bits per heavy atom. The highest BCUT2D eigenvalue weighted by molar-refractivity contribution is 7.12. The van der Waals surface area contributed by atoms with E-state index in [9.17, 15) is 4.79 Å². The molecule has 0 spiro atoms. The molecule has 1 amide bonds. The van der Waals surface area contributed by atoms with E-state index in [0.717, 1.165) is 48.2 Å². The van der Waals surface area contributed by atoms with E-state index >= 15 is 0 Å². The van der Waals surface area contributed by atoms with Crippen LogP contribution in [0.1, 0.15) is 40.1 Å². The van der Waals surface area contributed by atoms with Gasteiger partial charge in [-0.15, -0.1) is 11.3 Å². The molecule has 2 rings (SSSR count). The predicted octanol–water partition coefficient (Wildman–Crippen LogP) is 1.94. The van der Waals surface area contributed by atoms with Crippen LogP contribution in [0.25, 0.3) is 0 Å². The summed E-state index contributed by atoms with van der Waals surface area (Å²) >= 11 is 1.50. The first-order chi connectivity index (χ1) is 9.63. The molecule has 1 aromatic heterocycles. The SMILES string of the molecule is CN(C)CCCNC(=O)c1csc2c1CCC/C2=N\O. The van der Waals surface area contributed by atoms with Crippen molar-refractivity contribution in [1.29, 1.82) is 0 Å². The molecule has 6 heteroatoms. The number of hydrogen-bond acceptors (Lipinski definition) is 5. The number of fused-ring (bicyclic) bond motifs is 1. The van der Waals surface area contributed by atoms with Crippen LogP contribution in [0.5, 0.6) is 0 Å². The molecular weight excluding hydrogens is 274 g/mol. The number of nitrogens with one attached hydrogen (secondary N) is 1. The van der Waals surface area contributed by atoms with Gasteiger partial charge in [-0.3, -0.25) is 4.79 Å². The number of thiophene rings is 1. The highest BCUT2D eigenvalue weighted by atomic mass is 32.1. The van der Waals surface area contributed by atoms with Crippen molar-refractivity contribution in [2.24, 2.45) is 5.16 Å². The van der Waals surface area contributed by atoms with Crippen LogP contribution in [-0.4, -0.2) is 48.9 Å². The molecule has 0 aliphatic heterocycles. The molecule has 0 saturated carbocycles. The molecule has 2 N–H and O–H groups in total. The zero-order valence-electron chi connectivity index (χ0n) is 12.0. The molecule has 1 aromatic rings. The molecule has 1 aliphatic rings. The Morgan fingerprint density at radius 3 is 3.00 bits per heavy atom. The van der Waals surface area contributed by atoms with Gasteiger partial charge < -0.3 is 15.4 Å². The monoisotopic (exact) mass is 295 g/mol. The van der Waals surface area contributed by atoms with Crippen molar-refractivity contribution < 1.29 is 10.0 Å². The maximum atomic E-state index is 12.2. The van der Waals surface area contributed by atoms with Crippen LogP contribution < -0.4 is 5.32 Å². The molecule has 0 unspecified atom stereocenters. The standard InChI is InChI=1S/C14H21N3O2S/c1-17(2)8-4-7-15-14(18)11-9-20-13-10(11)5-3-6-12(13)16-19/h9,19H,3-8H2,1-2H3,(H,15,18)/b16-12+. The molecule has 0 bridgehead atoms. The minimum absolute atomic E-state index is 0.0135. The number of hydrogen-bond donors (Lipinski definition) is 2. The summed E-state index contributed by atoms with van der Waals surface area (Å²) in [4.78, 5) is 15.3. The average Bonchev–Trinajstić information content (AvgIpc) is 2.87. The van der Waals surface area contributed by atoms with Crippen molar-refractivity contribution in [3.05, 3.63) is 21.4 Å². The van der Waals surface area contributed by atoms with E-state index in [0.29, 0.717) is 12.3 Å². The van der Waals surface area contributed by atoms with Gasteiger partial charge in [-0.1, -0.05) is 5.16 Å². The second kappa shape index (κ2) is 6.85. The van der Waals surface area contributed by atoms with E-state index in [4.69, 9.17) is 5.21 Å². The van der Waals surface area contributed by atoms with Gasteiger partial charge in [-0.25, -0.2) is 0 Å². The summed E-state index contributed by atoms with van der Waals surface area (Å²) in [5.41, 5.74) is 2.50. The summed E-state index contributed by atoms with van der Waals surface area (Å²) in [5, 5.41) is 17.2. The van der Waals surface area contributed by atoms with Crippen LogP contribution in [0.4, 0.5) is 0 Å². The Hall–Kier alpha value is -1.40. The van der Waals surface area contributed by atoms with Crippen LogP contribution in [0.3, 0.4) is 0 Å². The van der Waals surface area contributed by atoms with Crippen molar-refractivity contribution in [2.45, 2.75) is 25.7 Å². The van der Waals surface area contributed by atoms with Crippen LogP contribution in [0, 0.1) is 0 Å². The molecule has 5 nitrogen and oxygen atoms in total. The molecule has 0 atom stereocenters. The van der Waals surface area contributed by atoms with Crippen LogP contribution in [-0.2, 0) is 6.42 Å². The van der Waals surface area contributed by atoms with E-state index in [1.165, 1.54) is 11.3 Å². The van der Waals surface area contributed by atoms with Crippen molar-refractivity contribution in [1.82, 2.24) is 10.2 Å². The minimum Gasteiger partial charge on any atom is -0.411 e. The lowest BCUT2D eigenvalue weighted by Crippen LogP contribution is -2.28. The third-order valence-corrected chi connectivity index (χ3v) is 4.50. The second-order valence-corrected chi connectivity index (χ2v) is 6.15. The molecular formula is C14H21N3O2S. The highest BCUT2D eigenvalue weighted by Gasteiger charge is 2.24. The van der Waals surface area contributed by atoms with Gasteiger partial charge >= 0.3 is 0 Å². The summed E-state index contributed by atoms with van der Waals surface area (Å²) in [6.07, 6.45) is 3.55. The van der Waals surface area contributed by atoms with Crippen molar-refractivity contribution >= 4 is 23.0 Å². The molecule has 1 aliphatic carbocycles. The van der Waals surface area contributed by atoms with Gasteiger partial charge in [-0.2, -0.15) is 0 Å². The van der Waals surface area contributed by atoms with Gasteiger partial charge in [0.1, 0.15) is 0 Å². The fourth-order valence-corrected chi connectivity index (χ4v) is 3.52. The van der Waals surface area contributed by atoms with Crippen molar-refractivity contribution in [3.8, 4) is 0 Å². The lowest BCUT2D eigenvalue weighted by molar-refractivity contribution is 0.0952. The fraction of sp³-hybridized carbons (Fsp3) is 0.571.